The van der Waals surface area contributed by atoms with E-state index in [2.05, 4.69) is 10.3 Å². The van der Waals surface area contributed by atoms with Crippen LogP contribution in [-0.2, 0) is 16.1 Å². The topological polar surface area (TPSA) is 74.4 Å². The standard InChI is InChI=1S/C33H28ClN3O3/c1-19(21-10-13-25-27-16-23(34)11-14-28(27)35-29(25)15-21)32(38)36-33(39)31-30(20-7-5-4-6-8-20)26-17-24(40-3)12-9-22(26)18-37(31)2/h4-17,19,35H,18H2,1-3H3,(H,36,38,39). The molecule has 0 saturated carbocycles. The highest BCUT2D eigenvalue weighted by molar-refractivity contribution is 6.31. The maximum absolute atomic E-state index is 13.8. The number of imide groups is 1. The molecule has 200 valence electrons. The van der Waals surface area contributed by atoms with Gasteiger partial charge in [0.05, 0.1) is 13.0 Å². The second-order valence-electron chi connectivity index (χ2n) is 10.1. The van der Waals surface area contributed by atoms with E-state index in [1.807, 2.05) is 96.9 Å². The third-order valence-electron chi connectivity index (χ3n) is 7.60. The molecular weight excluding hydrogens is 522 g/mol. The number of halogens is 1. The smallest absolute Gasteiger partial charge is 0.274 e. The molecule has 2 amide bonds. The summed E-state index contributed by atoms with van der Waals surface area (Å²) < 4.78 is 5.49. The van der Waals surface area contributed by atoms with Crippen molar-refractivity contribution in [2.75, 3.05) is 14.2 Å². The highest BCUT2D eigenvalue weighted by Gasteiger charge is 2.30. The molecule has 0 saturated heterocycles. The number of likely N-dealkylation sites (N-methyl/N-ethyl adjacent to an activating group) is 1. The van der Waals surface area contributed by atoms with E-state index in [9.17, 15) is 9.59 Å². The minimum absolute atomic E-state index is 0.367. The summed E-state index contributed by atoms with van der Waals surface area (Å²) in [6.07, 6.45) is 0. The van der Waals surface area contributed by atoms with Crippen molar-refractivity contribution in [1.82, 2.24) is 15.2 Å². The van der Waals surface area contributed by atoms with E-state index in [4.69, 9.17) is 16.3 Å². The maximum atomic E-state index is 13.8. The number of aromatic amines is 1. The van der Waals surface area contributed by atoms with Gasteiger partial charge in [0.2, 0.25) is 5.91 Å². The lowest BCUT2D eigenvalue weighted by Crippen LogP contribution is -2.40. The number of carbonyl (C=O) groups is 2. The largest absolute Gasteiger partial charge is 0.497 e. The van der Waals surface area contributed by atoms with Crippen LogP contribution in [0, 0.1) is 0 Å². The zero-order valence-corrected chi connectivity index (χ0v) is 23.2. The molecule has 2 N–H and O–H groups in total. The molecule has 40 heavy (non-hydrogen) atoms. The van der Waals surface area contributed by atoms with Gasteiger partial charge in [0.15, 0.2) is 0 Å². The number of amides is 2. The fourth-order valence-electron chi connectivity index (χ4n) is 5.48. The van der Waals surface area contributed by atoms with E-state index < -0.39 is 11.8 Å². The van der Waals surface area contributed by atoms with E-state index in [0.717, 1.165) is 49.6 Å². The number of aromatic nitrogens is 1. The number of hydrogen-bond donors (Lipinski definition) is 2. The van der Waals surface area contributed by atoms with Crippen LogP contribution in [0.25, 0.3) is 27.4 Å². The van der Waals surface area contributed by atoms with Crippen LogP contribution in [0.3, 0.4) is 0 Å². The Bertz CT molecular complexity index is 1820. The Balaban J connectivity index is 1.34. The predicted octanol–water partition coefficient (Wildman–Crippen LogP) is 6.63. The lowest BCUT2D eigenvalue weighted by molar-refractivity contribution is -0.129. The van der Waals surface area contributed by atoms with Crippen LogP contribution in [0.5, 0.6) is 5.75 Å². The maximum Gasteiger partial charge on any atom is 0.274 e. The fourth-order valence-corrected chi connectivity index (χ4v) is 5.66. The number of methoxy groups -OCH3 is 1. The Morgan fingerprint density at radius 2 is 1.75 bits per heavy atom. The fraction of sp³-hybridized carbons (Fsp3) is 0.152. The molecule has 6 nitrogen and oxygen atoms in total. The van der Waals surface area contributed by atoms with Crippen LogP contribution in [0.2, 0.25) is 5.02 Å². The molecule has 2 heterocycles. The molecule has 4 aromatic carbocycles. The molecule has 1 aliphatic rings. The van der Waals surface area contributed by atoms with E-state index in [1.54, 1.807) is 14.0 Å². The van der Waals surface area contributed by atoms with Crippen molar-refractivity contribution < 1.29 is 14.3 Å². The van der Waals surface area contributed by atoms with Crippen LogP contribution in [0.15, 0.2) is 90.6 Å². The van der Waals surface area contributed by atoms with Gasteiger partial charge in [0, 0.05) is 46.0 Å². The molecule has 1 aliphatic heterocycles. The van der Waals surface area contributed by atoms with Crippen LogP contribution in [0.1, 0.15) is 35.1 Å². The quantitative estimate of drug-likeness (QED) is 0.258. The summed E-state index contributed by atoms with van der Waals surface area (Å²) in [6, 6.07) is 27.2. The summed E-state index contributed by atoms with van der Waals surface area (Å²) in [4.78, 5) is 32.5. The summed E-state index contributed by atoms with van der Waals surface area (Å²) in [5.74, 6) is -0.650. The first-order valence-corrected chi connectivity index (χ1v) is 13.5. The number of fused-ring (bicyclic) bond motifs is 4. The number of ether oxygens (including phenoxy) is 1. The second-order valence-corrected chi connectivity index (χ2v) is 10.6. The van der Waals surface area contributed by atoms with Gasteiger partial charge >= 0.3 is 0 Å². The Hall–Kier alpha value is -4.55. The van der Waals surface area contributed by atoms with Crippen molar-refractivity contribution >= 4 is 50.8 Å². The van der Waals surface area contributed by atoms with Gasteiger partial charge in [-0.05, 0) is 65.6 Å². The molecule has 0 radical (unpaired) electrons. The first-order chi connectivity index (χ1) is 19.3. The normalized spacial score (nSPS) is 13.8. The van der Waals surface area contributed by atoms with Crippen molar-refractivity contribution in [1.29, 1.82) is 0 Å². The Morgan fingerprint density at radius 3 is 2.52 bits per heavy atom. The Morgan fingerprint density at radius 1 is 0.950 bits per heavy atom. The van der Waals surface area contributed by atoms with Gasteiger partial charge in [-0.15, -0.1) is 0 Å². The van der Waals surface area contributed by atoms with Crippen molar-refractivity contribution in [2.24, 2.45) is 0 Å². The number of nitrogens with one attached hydrogen (secondary N) is 2. The Labute approximate surface area is 237 Å². The van der Waals surface area contributed by atoms with Crippen LogP contribution in [0.4, 0.5) is 0 Å². The number of benzene rings is 4. The van der Waals surface area contributed by atoms with Gasteiger partial charge in [-0.25, -0.2) is 0 Å². The minimum Gasteiger partial charge on any atom is -0.497 e. The predicted molar refractivity (Wildman–Crippen MR) is 159 cm³/mol. The molecule has 7 heteroatoms. The average molecular weight is 550 g/mol. The molecule has 1 aromatic heterocycles. The first-order valence-electron chi connectivity index (χ1n) is 13.1. The van der Waals surface area contributed by atoms with E-state index in [0.29, 0.717) is 23.0 Å². The summed E-state index contributed by atoms with van der Waals surface area (Å²) in [5.41, 5.74) is 6.77. The van der Waals surface area contributed by atoms with Gasteiger partial charge < -0.3 is 14.6 Å². The number of rotatable bonds is 5. The number of hydrogen-bond acceptors (Lipinski definition) is 4. The first kappa shape index (κ1) is 25.7. The molecular formula is C33H28ClN3O3. The molecule has 5 aromatic rings. The third-order valence-corrected chi connectivity index (χ3v) is 7.84. The van der Waals surface area contributed by atoms with Crippen molar-refractivity contribution in [3.63, 3.8) is 0 Å². The monoisotopic (exact) mass is 549 g/mol. The number of H-pyrrole nitrogens is 1. The van der Waals surface area contributed by atoms with Gasteiger partial charge in [-0.3, -0.25) is 14.9 Å². The molecule has 0 aliphatic carbocycles. The van der Waals surface area contributed by atoms with Crippen molar-refractivity contribution in [2.45, 2.75) is 19.4 Å². The number of carbonyl (C=O) groups excluding carboxylic acids is 2. The van der Waals surface area contributed by atoms with Gasteiger partial charge in [-0.2, -0.15) is 0 Å². The zero-order chi connectivity index (χ0) is 28.0. The molecule has 0 spiro atoms. The van der Waals surface area contributed by atoms with Crippen LogP contribution < -0.4 is 10.1 Å². The lowest BCUT2D eigenvalue weighted by Gasteiger charge is -2.32. The summed E-state index contributed by atoms with van der Waals surface area (Å²) >= 11 is 6.20. The molecule has 6 rings (SSSR count). The second kappa shape index (κ2) is 10.2. The van der Waals surface area contributed by atoms with E-state index >= 15 is 0 Å². The van der Waals surface area contributed by atoms with E-state index in [1.165, 1.54) is 0 Å². The average Bonchev–Trinajstić information content (AvgIpc) is 3.33. The Kier molecular flexibility index (Phi) is 6.56. The molecule has 0 bridgehead atoms. The van der Waals surface area contributed by atoms with Crippen molar-refractivity contribution in [3.8, 4) is 5.75 Å². The third kappa shape index (κ3) is 4.50. The molecule has 1 atom stereocenters. The highest BCUT2D eigenvalue weighted by Crippen LogP contribution is 2.38. The van der Waals surface area contributed by atoms with Crippen LogP contribution >= 0.6 is 11.6 Å². The summed E-state index contributed by atoms with van der Waals surface area (Å²) in [6.45, 7) is 2.34. The molecule has 1 unspecified atom stereocenters. The van der Waals surface area contributed by atoms with Gasteiger partial charge in [0.1, 0.15) is 11.4 Å². The summed E-state index contributed by atoms with van der Waals surface area (Å²) in [5, 5.41) is 5.41. The summed E-state index contributed by atoms with van der Waals surface area (Å²) in [7, 11) is 3.49. The SMILES string of the molecule is COc1ccc2c(c1)C(c1ccccc1)=C(C(=O)NC(=O)C(C)c1ccc3c(c1)[nH]c1ccc(Cl)cc13)N(C)C2. The number of nitrogens with zero attached hydrogens (tertiary/aromatic N) is 1. The minimum atomic E-state index is -0.551. The van der Waals surface area contributed by atoms with Gasteiger partial charge in [-0.1, -0.05) is 60.1 Å². The van der Waals surface area contributed by atoms with Crippen molar-refractivity contribution in [3.05, 3.63) is 118 Å². The van der Waals surface area contributed by atoms with Gasteiger partial charge in [0.25, 0.3) is 5.91 Å². The lowest BCUT2D eigenvalue weighted by atomic mass is 9.88. The van der Waals surface area contributed by atoms with Crippen LogP contribution in [-0.4, -0.2) is 35.9 Å². The van der Waals surface area contributed by atoms with E-state index in [-0.39, 0.29) is 5.91 Å². The molecule has 0 fully saturated rings. The highest BCUT2D eigenvalue weighted by atomic mass is 35.5. The zero-order valence-electron chi connectivity index (χ0n) is 22.4.